The van der Waals surface area contributed by atoms with E-state index in [4.69, 9.17) is 51.1 Å². The average molecular weight is 738 g/mol. The van der Waals surface area contributed by atoms with Crippen molar-refractivity contribution in [3.05, 3.63) is 29.3 Å². The summed E-state index contributed by atoms with van der Waals surface area (Å²) in [6.45, 7) is -4.18. The Morgan fingerprint density at radius 1 is 1.19 bits per heavy atom. The van der Waals surface area contributed by atoms with Crippen LogP contribution in [0.15, 0.2) is 23.8 Å². The average Bonchev–Trinajstić information content (AvgIpc) is 3.76. The van der Waals surface area contributed by atoms with Gasteiger partial charge in [0.15, 0.2) is 47.4 Å². The van der Waals surface area contributed by atoms with E-state index in [9.17, 15) is 19.4 Å². The Labute approximate surface area is 274 Å². The Hall–Kier alpha value is -2.79. The van der Waals surface area contributed by atoms with Gasteiger partial charge in [0.25, 0.3) is 5.56 Å². The van der Waals surface area contributed by atoms with Gasteiger partial charge < -0.3 is 40.2 Å². The number of nitrogens with two attached hydrogens (primary N) is 2. The topological polar surface area (TPSA) is 272 Å². The number of imidazole rings is 2. The van der Waals surface area contributed by atoms with Crippen LogP contribution in [0.2, 0.25) is 0 Å². The van der Waals surface area contributed by atoms with Gasteiger partial charge in [-0.05, 0) is 23.3 Å². The van der Waals surface area contributed by atoms with E-state index in [0.29, 0.717) is 5.65 Å². The minimum absolute atomic E-state index is 0.0776. The van der Waals surface area contributed by atoms with Gasteiger partial charge in [-0.15, -0.1) is 4.52 Å². The highest BCUT2D eigenvalue weighted by molar-refractivity contribution is 8.39. The first-order valence-corrected chi connectivity index (χ1v) is 18.4. The molecule has 7 N–H and O–H groups in total. The molecule has 0 saturated carbocycles. The van der Waals surface area contributed by atoms with Crippen molar-refractivity contribution in [3.63, 3.8) is 0 Å². The molecular weight excluding hydrogens is 709 g/mol. The number of aromatic nitrogens is 8. The van der Waals surface area contributed by atoms with Crippen molar-refractivity contribution in [2.45, 2.75) is 55.6 Å². The lowest BCUT2D eigenvalue weighted by Crippen LogP contribution is -2.45. The molecule has 25 heteroatoms. The first-order valence-electron chi connectivity index (χ1n) is 13.5. The number of nitrogen functional groups attached to an aromatic ring is 2. The summed E-state index contributed by atoms with van der Waals surface area (Å²) in [5.74, 6) is -0.127. The third kappa shape index (κ3) is 6.27. The third-order valence-corrected chi connectivity index (χ3v) is 9.88. The Kier molecular flexibility index (Phi) is 9.37. The standard InChI is InChI=1S/C22H27FN10O10P2S2/c1-22(14(42-44(36)46)13(38-2)20(41-22)32-6-28-10-15(24)26-5-27-16(10)32)4-39-45(37,47)43-12-9(23)8(3-34)40-19(12)33-7-29-11-17(33)30-21(25)31-18(11)35/h5-9,12-14,19-20,34H,3-4H2,1-2H3,(H6-,24,25,26,27,30,31,35,36,37,46,47)/p+1/t8-,9+,12-,13-,14+,19-,20-,22?,45?/m1/s1. The number of hydrogen-bond donors (Lipinski definition) is 6. The molecule has 2 aliphatic heterocycles. The molecule has 0 aromatic carbocycles. The lowest BCUT2D eigenvalue weighted by atomic mass is 9.98. The van der Waals surface area contributed by atoms with E-state index in [0.717, 1.165) is 10.9 Å². The molecule has 254 valence electrons. The number of fused-ring (bicyclic) bond motifs is 2. The van der Waals surface area contributed by atoms with Crippen LogP contribution in [-0.2, 0) is 44.2 Å². The van der Waals surface area contributed by atoms with Gasteiger partial charge in [-0.3, -0.25) is 23.4 Å². The third-order valence-electron chi connectivity index (χ3n) is 7.65. The normalized spacial score (nSPS) is 31.1. The predicted molar refractivity (Wildman–Crippen MR) is 166 cm³/mol. The maximum atomic E-state index is 15.6. The molecule has 6 heterocycles. The van der Waals surface area contributed by atoms with Crippen molar-refractivity contribution in [3.8, 4) is 0 Å². The van der Waals surface area contributed by atoms with Crippen LogP contribution in [0.3, 0.4) is 0 Å². The Bertz CT molecular complexity index is 1940. The van der Waals surface area contributed by atoms with Crippen LogP contribution in [0.25, 0.3) is 22.3 Å². The zero-order chi connectivity index (χ0) is 33.8. The van der Waals surface area contributed by atoms with Crippen LogP contribution in [0.5, 0.6) is 0 Å². The largest absolute Gasteiger partial charge is 0.582 e. The summed E-state index contributed by atoms with van der Waals surface area (Å²) in [7, 11) is -1.15. The van der Waals surface area contributed by atoms with E-state index in [2.05, 4.69) is 42.2 Å². The lowest BCUT2D eigenvalue weighted by Gasteiger charge is -2.30. The minimum atomic E-state index is -4.38. The van der Waals surface area contributed by atoms with Gasteiger partial charge in [0, 0.05) is 7.11 Å². The summed E-state index contributed by atoms with van der Waals surface area (Å²) in [5.41, 5.74) is 9.77. The second-order valence-electron chi connectivity index (χ2n) is 10.6. The van der Waals surface area contributed by atoms with Gasteiger partial charge >= 0.3 is 13.9 Å². The summed E-state index contributed by atoms with van der Waals surface area (Å²) in [5, 5.41) is 9.74. The SMILES string of the molecule is CO[C@H]1[C@H](n2cnc3c(N)ncnc32)OC(C)(COP(O)(=S)O[C@@H]2[C@@H](F)[C@@H](CO)O[C@H]2n2cnc3c(=O)[nH]c(N)nc32)[C@H]1O[P+](=O)S. The molecule has 2 saturated heterocycles. The molecule has 10 atom stereocenters. The molecule has 2 aliphatic rings. The monoisotopic (exact) mass is 737 g/mol. The number of nitrogens with one attached hydrogen (secondary N) is 1. The van der Waals surface area contributed by atoms with Crippen LogP contribution in [-0.4, -0.2) is 106 Å². The fourth-order valence-corrected chi connectivity index (χ4v) is 7.81. The molecule has 2 fully saturated rings. The summed E-state index contributed by atoms with van der Waals surface area (Å²) in [4.78, 5) is 46.2. The molecule has 0 spiro atoms. The van der Waals surface area contributed by atoms with Crippen molar-refractivity contribution in [2.24, 2.45) is 0 Å². The van der Waals surface area contributed by atoms with Crippen LogP contribution in [0.4, 0.5) is 16.2 Å². The van der Waals surface area contributed by atoms with E-state index in [1.54, 1.807) is 0 Å². The number of ether oxygens (including phenoxy) is 3. The number of alkyl halides is 1. The summed E-state index contributed by atoms with van der Waals surface area (Å²) < 4.78 is 65.0. The van der Waals surface area contributed by atoms with Crippen molar-refractivity contribution >= 4 is 72.1 Å². The van der Waals surface area contributed by atoms with Crippen LogP contribution in [0, 0.1) is 0 Å². The number of aliphatic hydroxyl groups is 1. The minimum Gasteiger partial charge on any atom is -0.394 e. The first kappa shape index (κ1) is 34.1. The van der Waals surface area contributed by atoms with Crippen molar-refractivity contribution in [1.82, 2.24) is 39.0 Å². The number of aliphatic hydroxyl groups excluding tert-OH is 1. The van der Waals surface area contributed by atoms with Crippen molar-refractivity contribution in [2.75, 3.05) is 31.8 Å². The Balaban J connectivity index is 1.27. The maximum Gasteiger partial charge on any atom is 0.582 e. The van der Waals surface area contributed by atoms with Gasteiger partial charge in [0.2, 0.25) is 5.95 Å². The molecule has 4 aromatic heterocycles. The van der Waals surface area contributed by atoms with Crippen LogP contribution < -0.4 is 17.0 Å². The number of halogens is 1. The van der Waals surface area contributed by atoms with Gasteiger partial charge in [0.1, 0.15) is 48.0 Å². The highest BCUT2D eigenvalue weighted by atomic mass is 32.7. The second-order valence-corrected chi connectivity index (χ2v) is 15.1. The highest BCUT2D eigenvalue weighted by Gasteiger charge is 2.59. The number of methoxy groups -OCH3 is 1. The number of hydrogen-bond acceptors (Lipinski definition) is 17. The molecule has 0 aliphatic carbocycles. The van der Waals surface area contributed by atoms with Crippen molar-refractivity contribution < 1.29 is 46.7 Å². The molecule has 20 nitrogen and oxygen atoms in total. The van der Waals surface area contributed by atoms with Crippen molar-refractivity contribution in [1.29, 1.82) is 0 Å². The Morgan fingerprint density at radius 3 is 2.57 bits per heavy atom. The quantitative estimate of drug-likeness (QED) is 0.0889. The summed E-state index contributed by atoms with van der Waals surface area (Å²) >= 11 is 9.15. The molecule has 3 unspecified atom stereocenters. The Morgan fingerprint density at radius 2 is 1.89 bits per heavy atom. The number of rotatable bonds is 11. The first-order chi connectivity index (χ1) is 22.3. The zero-order valence-corrected chi connectivity index (χ0v) is 27.8. The van der Waals surface area contributed by atoms with E-state index < -0.39 is 81.4 Å². The van der Waals surface area contributed by atoms with E-state index in [1.165, 1.54) is 31.3 Å². The molecule has 0 bridgehead atoms. The molecular formula is C22H28FN10O10P2S2+. The summed E-state index contributed by atoms with van der Waals surface area (Å²) in [6.07, 6.45) is -5.90. The molecule has 4 aromatic rings. The van der Waals surface area contributed by atoms with E-state index >= 15 is 4.39 Å². The molecule has 47 heavy (non-hydrogen) atoms. The number of H-pyrrole nitrogens is 1. The second kappa shape index (κ2) is 12.9. The zero-order valence-electron chi connectivity index (χ0n) is 24.3. The predicted octanol–water partition coefficient (Wildman–Crippen LogP) is 0.245. The number of anilines is 2. The van der Waals surface area contributed by atoms with Gasteiger partial charge in [0.05, 0.1) is 25.9 Å². The molecule has 6 rings (SSSR count). The lowest BCUT2D eigenvalue weighted by molar-refractivity contribution is -0.111. The van der Waals surface area contributed by atoms with Gasteiger partial charge in [-0.1, -0.05) is 0 Å². The summed E-state index contributed by atoms with van der Waals surface area (Å²) in [6, 6.07) is 0. The van der Waals surface area contributed by atoms with Gasteiger partial charge in [-0.25, -0.2) is 24.3 Å². The van der Waals surface area contributed by atoms with Gasteiger partial charge in [-0.2, -0.15) is 4.98 Å². The molecule has 0 radical (unpaired) electrons. The number of thiol groups is 1. The fraction of sp³-hybridized carbons (Fsp3) is 0.545. The van der Waals surface area contributed by atoms with Crippen LogP contribution in [0.1, 0.15) is 19.4 Å². The number of nitrogens with zero attached hydrogens (tertiary/aromatic N) is 7. The maximum absolute atomic E-state index is 15.6. The fourth-order valence-electron chi connectivity index (χ4n) is 5.50. The van der Waals surface area contributed by atoms with E-state index in [-0.39, 0.29) is 28.4 Å². The van der Waals surface area contributed by atoms with E-state index in [1.807, 2.05) is 0 Å². The van der Waals surface area contributed by atoms with Crippen LogP contribution >= 0.6 is 26.2 Å². The number of aromatic amines is 1. The smallest absolute Gasteiger partial charge is 0.394 e. The molecule has 0 amide bonds. The highest BCUT2D eigenvalue weighted by Crippen LogP contribution is 2.53.